The van der Waals surface area contributed by atoms with Crippen molar-refractivity contribution in [3.63, 3.8) is 0 Å². The summed E-state index contributed by atoms with van der Waals surface area (Å²) in [4.78, 5) is 23.0. The van der Waals surface area contributed by atoms with Gasteiger partial charge in [-0.2, -0.15) is 26.3 Å². The van der Waals surface area contributed by atoms with Gasteiger partial charge in [-0.1, -0.05) is 0 Å². The second-order valence-electron chi connectivity index (χ2n) is 5.67. The third kappa shape index (κ3) is 5.30. The lowest BCUT2D eigenvalue weighted by Crippen LogP contribution is -2.64. The lowest BCUT2D eigenvalue weighted by atomic mass is 10.0. The molecule has 1 aromatic rings. The van der Waals surface area contributed by atoms with Gasteiger partial charge < -0.3 is 5.32 Å². The predicted molar refractivity (Wildman–Crippen MR) is 76.6 cm³/mol. The van der Waals surface area contributed by atoms with E-state index in [1.807, 2.05) is 0 Å². The van der Waals surface area contributed by atoms with Gasteiger partial charge in [-0.3, -0.25) is 25.4 Å². The van der Waals surface area contributed by atoms with Gasteiger partial charge in [-0.25, -0.2) is 5.48 Å². The van der Waals surface area contributed by atoms with Crippen LogP contribution in [-0.4, -0.2) is 29.9 Å². The van der Waals surface area contributed by atoms with E-state index in [0.717, 1.165) is 0 Å². The molecule has 27 heavy (non-hydrogen) atoms. The Morgan fingerprint density at radius 2 is 1.67 bits per heavy atom. The summed E-state index contributed by atoms with van der Waals surface area (Å²) in [6.07, 6.45) is -10.9. The van der Waals surface area contributed by atoms with Crippen LogP contribution in [0.3, 0.4) is 0 Å². The molecule has 2 amide bonds. The Bertz CT molecular complexity index is 690. The summed E-state index contributed by atoms with van der Waals surface area (Å²) in [5, 5.41) is 15.9. The summed E-state index contributed by atoms with van der Waals surface area (Å²) < 4.78 is 76.9. The summed E-state index contributed by atoms with van der Waals surface area (Å²) in [5.74, 6) is -2.98. The van der Waals surface area contributed by atoms with Gasteiger partial charge in [0.05, 0.1) is 11.1 Å². The van der Waals surface area contributed by atoms with E-state index in [1.54, 1.807) is 0 Å². The van der Waals surface area contributed by atoms with Crippen LogP contribution in [-0.2, 0) is 28.5 Å². The fraction of sp³-hybridized carbons (Fsp3) is 0.429. The Labute approximate surface area is 148 Å². The fourth-order valence-corrected chi connectivity index (χ4v) is 2.38. The highest BCUT2D eigenvalue weighted by molar-refractivity contribution is 6.00. The molecule has 1 fully saturated rings. The number of carbonyl (C=O) groups excluding carboxylic acids is 2. The number of alkyl halides is 6. The van der Waals surface area contributed by atoms with Gasteiger partial charge in [0, 0.05) is 13.1 Å². The Morgan fingerprint density at radius 1 is 1.11 bits per heavy atom. The average molecular weight is 400 g/mol. The van der Waals surface area contributed by atoms with Gasteiger partial charge in [0.2, 0.25) is 5.91 Å². The number of hydroxylamine groups is 1. The second kappa shape index (κ2) is 7.70. The number of nitrogens with one attached hydrogen (secondary N) is 4. The van der Waals surface area contributed by atoms with Gasteiger partial charge in [0.25, 0.3) is 5.91 Å². The maximum absolute atomic E-state index is 12.8. The van der Waals surface area contributed by atoms with Crippen molar-refractivity contribution in [3.05, 3.63) is 34.9 Å². The molecular weight excluding hydrogens is 386 g/mol. The van der Waals surface area contributed by atoms with Crippen molar-refractivity contribution in [2.75, 3.05) is 6.54 Å². The van der Waals surface area contributed by atoms with Crippen molar-refractivity contribution >= 4 is 11.8 Å². The van der Waals surface area contributed by atoms with Gasteiger partial charge in [-0.15, -0.1) is 0 Å². The monoisotopic (exact) mass is 400 g/mol. The second-order valence-corrected chi connectivity index (χ2v) is 5.67. The van der Waals surface area contributed by atoms with Crippen LogP contribution in [0.25, 0.3) is 0 Å². The summed E-state index contributed by atoms with van der Waals surface area (Å²) in [6.45, 7) is -0.631. The normalized spacial score (nSPS) is 20.9. The Kier molecular flexibility index (Phi) is 5.97. The molecule has 0 radical (unpaired) electrons. The van der Waals surface area contributed by atoms with Crippen LogP contribution in [0.15, 0.2) is 18.2 Å². The smallest absolute Gasteiger partial charge is 0.327 e. The van der Waals surface area contributed by atoms with Gasteiger partial charge in [-0.05, 0) is 23.8 Å². The van der Waals surface area contributed by atoms with Crippen molar-refractivity contribution in [3.8, 4) is 0 Å². The molecule has 0 aliphatic carbocycles. The van der Waals surface area contributed by atoms with Crippen LogP contribution < -0.4 is 21.4 Å². The summed E-state index contributed by atoms with van der Waals surface area (Å²) in [7, 11) is 0. The molecule has 13 heteroatoms. The highest BCUT2D eigenvalue weighted by atomic mass is 19.4. The first-order chi connectivity index (χ1) is 12.4. The summed E-state index contributed by atoms with van der Waals surface area (Å²) >= 11 is 0. The Morgan fingerprint density at radius 3 is 2.11 bits per heavy atom. The Hall–Kier alpha value is -2.38. The van der Waals surface area contributed by atoms with Crippen molar-refractivity contribution in [2.45, 2.75) is 25.2 Å². The van der Waals surface area contributed by atoms with Crippen LogP contribution in [0, 0.1) is 5.92 Å². The van der Waals surface area contributed by atoms with E-state index in [4.69, 9.17) is 5.21 Å². The molecule has 1 aromatic carbocycles. The maximum Gasteiger partial charge on any atom is 0.416 e. The molecule has 5 N–H and O–H groups in total. The molecule has 0 spiro atoms. The molecule has 2 rings (SSSR count). The standard InChI is InChI=1S/C14H14F6N4O3/c15-13(16,17)7-1-6(2-8(3-7)14(18,19)20)4-21-12-22-5-9(10(25)23-12)11(26)24-27/h1-3,9,12,21-22,27H,4-5H2,(H,23,25)(H,24,26). The number of halogens is 6. The highest BCUT2D eigenvalue weighted by Gasteiger charge is 2.37. The molecule has 1 saturated heterocycles. The van der Waals surface area contributed by atoms with Crippen LogP contribution in [0.2, 0.25) is 0 Å². The zero-order chi connectivity index (χ0) is 20.4. The molecule has 1 aliphatic rings. The number of hydrogen-bond donors (Lipinski definition) is 5. The van der Waals surface area contributed by atoms with E-state index in [9.17, 15) is 35.9 Å². The largest absolute Gasteiger partial charge is 0.416 e. The van der Waals surface area contributed by atoms with Crippen molar-refractivity contribution in [2.24, 2.45) is 5.92 Å². The van der Waals surface area contributed by atoms with Gasteiger partial charge in [0.1, 0.15) is 12.2 Å². The SMILES string of the molecule is O=C(NO)C1CNC(NCc2cc(C(F)(F)F)cc(C(F)(F)F)c2)NC1=O. The average Bonchev–Trinajstić information content (AvgIpc) is 2.57. The van der Waals surface area contributed by atoms with Gasteiger partial charge >= 0.3 is 12.4 Å². The first-order valence-electron chi connectivity index (χ1n) is 7.41. The van der Waals surface area contributed by atoms with Crippen LogP contribution >= 0.6 is 0 Å². The Balaban J connectivity index is 2.10. The molecule has 2 atom stereocenters. The summed E-state index contributed by atoms with van der Waals surface area (Å²) in [5.41, 5.74) is -1.90. The zero-order valence-corrected chi connectivity index (χ0v) is 13.3. The molecular formula is C14H14F6N4O3. The number of benzene rings is 1. The van der Waals surface area contributed by atoms with Crippen molar-refractivity contribution < 1.29 is 41.1 Å². The molecule has 1 aliphatic heterocycles. The molecule has 0 saturated carbocycles. The van der Waals surface area contributed by atoms with E-state index in [-0.39, 0.29) is 18.2 Å². The van der Waals surface area contributed by atoms with Gasteiger partial charge in [0.15, 0.2) is 0 Å². The van der Waals surface area contributed by atoms with E-state index in [2.05, 4.69) is 16.0 Å². The summed E-state index contributed by atoms with van der Waals surface area (Å²) in [6, 6.07) is 1.14. The van der Waals surface area contributed by atoms with E-state index < -0.39 is 54.0 Å². The van der Waals surface area contributed by atoms with E-state index >= 15 is 0 Å². The minimum atomic E-state index is -4.96. The van der Waals surface area contributed by atoms with Crippen LogP contribution in [0.1, 0.15) is 16.7 Å². The van der Waals surface area contributed by atoms with Crippen molar-refractivity contribution in [1.82, 2.24) is 21.4 Å². The molecule has 0 aromatic heterocycles. The fourth-order valence-electron chi connectivity index (χ4n) is 2.38. The van der Waals surface area contributed by atoms with Crippen molar-refractivity contribution in [1.29, 1.82) is 0 Å². The minimum Gasteiger partial charge on any atom is -0.327 e. The number of rotatable bonds is 4. The van der Waals surface area contributed by atoms with Crippen LogP contribution in [0.4, 0.5) is 26.3 Å². The lowest BCUT2D eigenvalue weighted by molar-refractivity contribution is -0.144. The first-order valence-corrected chi connectivity index (χ1v) is 7.41. The number of hydrogen-bond acceptors (Lipinski definition) is 5. The third-order valence-corrected chi connectivity index (χ3v) is 3.71. The molecule has 2 unspecified atom stereocenters. The first kappa shape index (κ1) is 20.9. The maximum atomic E-state index is 12.8. The lowest BCUT2D eigenvalue weighted by Gasteiger charge is -2.30. The third-order valence-electron chi connectivity index (χ3n) is 3.71. The highest BCUT2D eigenvalue weighted by Crippen LogP contribution is 2.36. The number of carbonyl (C=O) groups is 2. The van der Waals surface area contributed by atoms with E-state index in [0.29, 0.717) is 12.1 Å². The predicted octanol–water partition coefficient (Wildman–Crippen LogP) is 0.938. The number of amides is 2. The molecule has 1 heterocycles. The molecule has 7 nitrogen and oxygen atoms in total. The zero-order valence-electron chi connectivity index (χ0n) is 13.3. The van der Waals surface area contributed by atoms with E-state index in [1.165, 1.54) is 5.48 Å². The topological polar surface area (TPSA) is 102 Å². The minimum absolute atomic E-state index is 0.0161. The van der Waals surface area contributed by atoms with Crippen LogP contribution in [0.5, 0.6) is 0 Å². The molecule has 0 bridgehead atoms. The molecule has 150 valence electrons. The quantitative estimate of drug-likeness (QED) is 0.224.